The average Bonchev–Trinajstić information content (AvgIpc) is 2.39. The largest absolute Gasteiger partial charge is 0.481 e. The van der Waals surface area contributed by atoms with Crippen molar-refractivity contribution in [1.82, 2.24) is 5.32 Å². The molecule has 0 spiro atoms. The van der Waals surface area contributed by atoms with Gasteiger partial charge in [0.15, 0.2) is 9.84 Å². The van der Waals surface area contributed by atoms with Gasteiger partial charge in [0, 0.05) is 18.8 Å². The number of sulfone groups is 1. The summed E-state index contributed by atoms with van der Waals surface area (Å²) in [6.07, 6.45) is 0. The molecular weight excluding hydrogens is 266 g/mol. The number of carbonyl (C=O) groups is 1. The lowest BCUT2D eigenvalue weighted by Gasteiger charge is -2.13. The first-order chi connectivity index (χ1) is 8.96. The summed E-state index contributed by atoms with van der Waals surface area (Å²) in [6, 6.07) is 8.90. The monoisotopic (exact) mass is 285 g/mol. The molecule has 19 heavy (non-hydrogen) atoms. The summed E-state index contributed by atoms with van der Waals surface area (Å²) in [5.74, 6) is -1.44. The minimum Gasteiger partial charge on any atom is -0.481 e. The summed E-state index contributed by atoms with van der Waals surface area (Å²) in [6.45, 7) is 2.09. The van der Waals surface area contributed by atoms with Crippen molar-refractivity contribution in [2.75, 3.05) is 24.6 Å². The van der Waals surface area contributed by atoms with Crippen LogP contribution in [0.25, 0.3) is 0 Å². The molecular formula is C13H19NO4S. The van der Waals surface area contributed by atoms with Crippen molar-refractivity contribution in [1.29, 1.82) is 0 Å². The smallest absolute Gasteiger partial charge is 0.312 e. The standard InChI is InChI=1S/C13H19NO4S/c1-2-19(17,18)9-8-14-10-12(13(15)16)11-6-4-3-5-7-11/h3-7,12,14H,2,8-10H2,1H3,(H,15,16). The normalized spacial score (nSPS) is 13.1. The molecule has 0 amide bonds. The van der Waals surface area contributed by atoms with Crippen LogP contribution in [-0.4, -0.2) is 44.1 Å². The van der Waals surface area contributed by atoms with Crippen molar-refractivity contribution in [2.45, 2.75) is 12.8 Å². The second kappa shape index (κ2) is 7.25. The van der Waals surface area contributed by atoms with Gasteiger partial charge in [-0.1, -0.05) is 37.3 Å². The van der Waals surface area contributed by atoms with Gasteiger partial charge in [-0.3, -0.25) is 4.79 Å². The van der Waals surface area contributed by atoms with E-state index in [4.69, 9.17) is 0 Å². The van der Waals surface area contributed by atoms with Crippen LogP contribution in [0.2, 0.25) is 0 Å². The van der Waals surface area contributed by atoms with Crippen molar-refractivity contribution < 1.29 is 18.3 Å². The lowest BCUT2D eigenvalue weighted by molar-refractivity contribution is -0.138. The molecule has 0 saturated heterocycles. The fraction of sp³-hybridized carbons (Fsp3) is 0.462. The number of carboxylic acid groups (broad SMARTS) is 1. The zero-order chi connectivity index (χ0) is 14.3. The summed E-state index contributed by atoms with van der Waals surface area (Å²) in [4.78, 5) is 11.2. The topological polar surface area (TPSA) is 83.5 Å². The highest BCUT2D eigenvalue weighted by molar-refractivity contribution is 7.91. The summed E-state index contributed by atoms with van der Waals surface area (Å²) in [5.41, 5.74) is 0.709. The summed E-state index contributed by atoms with van der Waals surface area (Å²) in [7, 11) is -3.01. The van der Waals surface area contributed by atoms with Gasteiger partial charge in [-0.05, 0) is 5.56 Å². The Morgan fingerprint density at radius 3 is 2.47 bits per heavy atom. The van der Waals surface area contributed by atoms with E-state index in [1.165, 1.54) is 0 Å². The SMILES string of the molecule is CCS(=O)(=O)CCNCC(C(=O)O)c1ccccc1. The molecule has 0 bridgehead atoms. The van der Waals surface area contributed by atoms with E-state index < -0.39 is 21.7 Å². The molecule has 0 aliphatic rings. The van der Waals surface area contributed by atoms with Gasteiger partial charge in [-0.25, -0.2) is 8.42 Å². The molecule has 0 aromatic heterocycles. The van der Waals surface area contributed by atoms with Crippen LogP contribution in [0.4, 0.5) is 0 Å². The van der Waals surface area contributed by atoms with E-state index in [1.54, 1.807) is 31.2 Å². The van der Waals surface area contributed by atoms with Gasteiger partial charge in [-0.15, -0.1) is 0 Å². The molecule has 0 aliphatic heterocycles. The Labute approximate surface area is 113 Å². The van der Waals surface area contributed by atoms with Gasteiger partial charge < -0.3 is 10.4 Å². The molecule has 2 N–H and O–H groups in total. The van der Waals surface area contributed by atoms with Crippen molar-refractivity contribution in [3.63, 3.8) is 0 Å². The minimum atomic E-state index is -3.01. The maximum absolute atomic E-state index is 11.3. The second-order valence-electron chi connectivity index (χ2n) is 4.24. The third kappa shape index (κ3) is 5.40. The first-order valence-corrected chi connectivity index (χ1v) is 7.97. The molecule has 0 heterocycles. The predicted molar refractivity (Wildman–Crippen MR) is 74.0 cm³/mol. The van der Waals surface area contributed by atoms with Crippen LogP contribution in [0.3, 0.4) is 0 Å². The van der Waals surface area contributed by atoms with Crippen LogP contribution in [0.1, 0.15) is 18.4 Å². The first-order valence-electron chi connectivity index (χ1n) is 6.15. The van der Waals surface area contributed by atoms with Crippen LogP contribution in [-0.2, 0) is 14.6 Å². The summed E-state index contributed by atoms with van der Waals surface area (Å²) >= 11 is 0. The van der Waals surface area contributed by atoms with Crippen LogP contribution < -0.4 is 5.32 Å². The number of hydrogen-bond acceptors (Lipinski definition) is 4. The van der Waals surface area contributed by atoms with E-state index in [2.05, 4.69) is 5.32 Å². The Hall–Kier alpha value is -1.40. The van der Waals surface area contributed by atoms with E-state index in [1.807, 2.05) is 6.07 Å². The van der Waals surface area contributed by atoms with Gasteiger partial charge in [0.25, 0.3) is 0 Å². The third-order valence-electron chi connectivity index (χ3n) is 2.88. The molecule has 1 atom stereocenters. The minimum absolute atomic E-state index is 0.0324. The van der Waals surface area contributed by atoms with Gasteiger partial charge in [-0.2, -0.15) is 0 Å². The number of rotatable bonds is 8. The maximum atomic E-state index is 11.3. The van der Waals surface area contributed by atoms with Gasteiger partial charge in [0.2, 0.25) is 0 Å². The van der Waals surface area contributed by atoms with E-state index in [9.17, 15) is 18.3 Å². The Balaban J connectivity index is 2.51. The molecule has 0 fully saturated rings. The molecule has 1 unspecified atom stereocenters. The molecule has 0 saturated carbocycles. The lowest BCUT2D eigenvalue weighted by Crippen LogP contribution is -2.30. The van der Waals surface area contributed by atoms with Crippen LogP contribution >= 0.6 is 0 Å². The van der Waals surface area contributed by atoms with E-state index in [-0.39, 0.29) is 24.6 Å². The van der Waals surface area contributed by atoms with E-state index in [0.717, 1.165) is 0 Å². The number of benzene rings is 1. The predicted octanol–water partition coefficient (Wildman–Crippen LogP) is 0.879. The fourth-order valence-corrected chi connectivity index (χ4v) is 2.40. The molecule has 1 aromatic rings. The molecule has 5 nitrogen and oxygen atoms in total. The van der Waals surface area contributed by atoms with E-state index in [0.29, 0.717) is 5.56 Å². The van der Waals surface area contributed by atoms with Crippen molar-refractivity contribution in [2.24, 2.45) is 0 Å². The van der Waals surface area contributed by atoms with Crippen LogP contribution in [0, 0.1) is 0 Å². The number of hydrogen-bond donors (Lipinski definition) is 2. The Kier molecular flexibility index (Phi) is 5.98. The summed E-state index contributed by atoms with van der Waals surface area (Å²) < 4.78 is 22.6. The Bertz CT molecular complexity index is 499. The molecule has 0 radical (unpaired) electrons. The highest BCUT2D eigenvalue weighted by atomic mass is 32.2. The molecule has 106 valence electrons. The Morgan fingerprint density at radius 2 is 1.95 bits per heavy atom. The van der Waals surface area contributed by atoms with Crippen molar-refractivity contribution in [3.8, 4) is 0 Å². The molecule has 0 aliphatic carbocycles. The van der Waals surface area contributed by atoms with Crippen LogP contribution in [0.15, 0.2) is 30.3 Å². The third-order valence-corrected chi connectivity index (χ3v) is 4.58. The zero-order valence-electron chi connectivity index (χ0n) is 10.9. The highest BCUT2D eigenvalue weighted by Gasteiger charge is 2.19. The van der Waals surface area contributed by atoms with Crippen LogP contribution in [0.5, 0.6) is 0 Å². The summed E-state index contributed by atoms with van der Waals surface area (Å²) in [5, 5.41) is 12.1. The lowest BCUT2D eigenvalue weighted by atomic mass is 9.99. The number of aliphatic carboxylic acids is 1. The Morgan fingerprint density at radius 1 is 1.32 bits per heavy atom. The van der Waals surface area contributed by atoms with Crippen molar-refractivity contribution in [3.05, 3.63) is 35.9 Å². The van der Waals surface area contributed by atoms with Gasteiger partial charge in [0.05, 0.1) is 11.7 Å². The molecule has 1 rings (SSSR count). The van der Waals surface area contributed by atoms with Gasteiger partial charge >= 0.3 is 5.97 Å². The first kappa shape index (κ1) is 15.7. The number of nitrogens with one attached hydrogen (secondary N) is 1. The number of carboxylic acids is 1. The zero-order valence-corrected chi connectivity index (χ0v) is 11.7. The van der Waals surface area contributed by atoms with Crippen molar-refractivity contribution >= 4 is 15.8 Å². The fourth-order valence-electron chi connectivity index (χ4n) is 1.65. The second-order valence-corrected chi connectivity index (χ2v) is 6.71. The highest BCUT2D eigenvalue weighted by Crippen LogP contribution is 2.14. The maximum Gasteiger partial charge on any atom is 0.312 e. The van der Waals surface area contributed by atoms with E-state index >= 15 is 0 Å². The average molecular weight is 285 g/mol. The molecule has 6 heteroatoms. The van der Waals surface area contributed by atoms with Gasteiger partial charge in [0.1, 0.15) is 0 Å². The molecule has 1 aromatic carbocycles. The quantitative estimate of drug-likeness (QED) is 0.693.